The zero-order valence-corrected chi connectivity index (χ0v) is 13.8. The number of carboxylic acids is 1. The van der Waals surface area contributed by atoms with Gasteiger partial charge in [-0.2, -0.15) is 11.3 Å². The van der Waals surface area contributed by atoms with E-state index in [0.29, 0.717) is 0 Å². The Morgan fingerprint density at radius 1 is 1.26 bits per heavy atom. The highest BCUT2D eigenvalue weighted by Gasteiger charge is 2.29. The van der Waals surface area contributed by atoms with Gasteiger partial charge in [-0.1, -0.05) is 6.07 Å². The second kappa shape index (κ2) is 7.68. The van der Waals surface area contributed by atoms with Gasteiger partial charge in [0.15, 0.2) is 0 Å². The molecule has 2 aromatic rings. The number of carboxylic acid groups (broad SMARTS) is 1. The highest BCUT2D eigenvalue weighted by Crippen LogP contribution is 2.24. The third kappa shape index (κ3) is 4.16. The topological polar surface area (TPSA) is 56.7 Å². The van der Waals surface area contributed by atoms with E-state index in [1.807, 2.05) is 41.2 Å². The SMILES string of the molecule is O=C(O)[C@@H](c1ccsc1)N1CCCN(Cc2ccccn2)CC1. The van der Waals surface area contributed by atoms with Crippen LogP contribution >= 0.6 is 11.3 Å². The molecule has 5 nitrogen and oxygen atoms in total. The molecule has 2 aromatic heterocycles. The molecule has 0 bridgehead atoms. The molecular formula is C17H21N3O2S. The summed E-state index contributed by atoms with van der Waals surface area (Å²) in [7, 11) is 0. The number of hydrogen-bond acceptors (Lipinski definition) is 5. The first-order chi connectivity index (χ1) is 11.2. The third-order valence-corrected chi connectivity index (χ3v) is 4.89. The molecule has 0 radical (unpaired) electrons. The molecule has 1 aliphatic heterocycles. The van der Waals surface area contributed by atoms with Crippen LogP contribution in [0.3, 0.4) is 0 Å². The Morgan fingerprint density at radius 2 is 2.17 bits per heavy atom. The summed E-state index contributed by atoms with van der Waals surface area (Å²) in [4.78, 5) is 20.5. The van der Waals surface area contributed by atoms with Crippen LogP contribution in [0.1, 0.15) is 23.7 Å². The number of thiophene rings is 1. The molecule has 1 atom stereocenters. The van der Waals surface area contributed by atoms with Crippen LogP contribution in [0.15, 0.2) is 41.2 Å². The van der Waals surface area contributed by atoms with E-state index in [4.69, 9.17) is 0 Å². The van der Waals surface area contributed by atoms with E-state index in [1.165, 1.54) is 0 Å². The number of nitrogens with zero attached hydrogens (tertiary/aromatic N) is 3. The normalized spacial score (nSPS) is 18.4. The van der Waals surface area contributed by atoms with Crippen molar-refractivity contribution in [2.24, 2.45) is 0 Å². The van der Waals surface area contributed by atoms with Gasteiger partial charge in [-0.3, -0.25) is 19.6 Å². The van der Waals surface area contributed by atoms with Crippen molar-refractivity contribution in [2.75, 3.05) is 26.2 Å². The summed E-state index contributed by atoms with van der Waals surface area (Å²) in [6, 6.07) is 7.35. The maximum Gasteiger partial charge on any atom is 0.325 e. The van der Waals surface area contributed by atoms with Crippen LogP contribution in [-0.2, 0) is 11.3 Å². The minimum atomic E-state index is -0.762. The van der Waals surface area contributed by atoms with Crippen molar-refractivity contribution in [3.8, 4) is 0 Å². The fourth-order valence-corrected chi connectivity index (χ4v) is 3.75. The molecule has 0 aliphatic carbocycles. The fourth-order valence-electron chi connectivity index (χ4n) is 3.07. The summed E-state index contributed by atoms with van der Waals surface area (Å²) in [5, 5.41) is 13.5. The van der Waals surface area contributed by atoms with Gasteiger partial charge < -0.3 is 5.11 Å². The summed E-state index contributed by atoms with van der Waals surface area (Å²) in [5.74, 6) is -0.762. The lowest BCUT2D eigenvalue weighted by Gasteiger charge is -2.27. The third-order valence-electron chi connectivity index (χ3n) is 4.19. The van der Waals surface area contributed by atoms with Gasteiger partial charge in [0.1, 0.15) is 6.04 Å². The monoisotopic (exact) mass is 331 g/mol. The van der Waals surface area contributed by atoms with Crippen molar-refractivity contribution in [1.29, 1.82) is 0 Å². The largest absolute Gasteiger partial charge is 0.480 e. The van der Waals surface area contributed by atoms with Crippen LogP contribution in [0.5, 0.6) is 0 Å². The Kier molecular flexibility index (Phi) is 5.38. The molecule has 3 rings (SSSR count). The minimum Gasteiger partial charge on any atom is -0.480 e. The summed E-state index contributed by atoms with van der Waals surface area (Å²) < 4.78 is 0. The highest BCUT2D eigenvalue weighted by molar-refractivity contribution is 7.08. The Labute approximate surface area is 140 Å². The molecular weight excluding hydrogens is 310 g/mol. The second-order valence-electron chi connectivity index (χ2n) is 5.78. The molecule has 0 saturated carbocycles. The average molecular weight is 331 g/mol. The molecule has 1 N–H and O–H groups in total. The van der Waals surface area contributed by atoms with Crippen LogP contribution in [-0.4, -0.2) is 52.0 Å². The first kappa shape index (κ1) is 16.1. The summed E-state index contributed by atoms with van der Waals surface area (Å²) >= 11 is 1.55. The Morgan fingerprint density at radius 3 is 2.87 bits per heavy atom. The molecule has 0 spiro atoms. The van der Waals surface area contributed by atoms with Crippen molar-refractivity contribution >= 4 is 17.3 Å². The molecule has 1 saturated heterocycles. The van der Waals surface area contributed by atoms with Crippen LogP contribution in [0, 0.1) is 0 Å². The van der Waals surface area contributed by atoms with Gasteiger partial charge in [0.05, 0.1) is 5.69 Å². The molecule has 6 heteroatoms. The molecule has 23 heavy (non-hydrogen) atoms. The summed E-state index contributed by atoms with van der Waals surface area (Å²) in [5.41, 5.74) is 1.95. The van der Waals surface area contributed by atoms with Crippen molar-refractivity contribution in [1.82, 2.24) is 14.8 Å². The van der Waals surface area contributed by atoms with Crippen LogP contribution in [0.4, 0.5) is 0 Å². The smallest absolute Gasteiger partial charge is 0.325 e. The number of rotatable bonds is 5. The molecule has 3 heterocycles. The van der Waals surface area contributed by atoms with E-state index in [-0.39, 0.29) is 0 Å². The predicted octanol–water partition coefficient (Wildman–Crippen LogP) is 2.48. The lowest BCUT2D eigenvalue weighted by Crippen LogP contribution is -2.37. The predicted molar refractivity (Wildman–Crippen MR) is 90.4 cm³/mol. The van der Waals surface area contributed by atoms with E-state index >= 15 is 0 Å². The van der Waals surface area contributed by atoms with Crippen molar-refractivity contribution < 1.29 is 9.90 Å². The quantitative estimate of drug-likeness (QED) is 0.912. The van der Waals surface area contributed by atoms with Gasteiger partial charge in [-0.25, -0.2) is 0 Å². The number of pyridine rings is 1. The van der Waals surface area contributed by atoms with E-state index < -0.39 is 12.0 Å². The summed E-state index contributed by atoms with van der Waals surface area (Å²) in [6.45, 7) is 4.24. The van der Waals surface area contributed by atoms with Gasteiger partial charge in [0, 0.05) is 32.4 Å². The van der Waals surface area contributed by atoms with Crippen LogP contribution < -0.4 is 0 Å². The van der Waals surface area contributed by atoms with Crippen molar-refractivity contribution in [2.45, 2.75) is 19.0 Å². The van der Waals surface area contributed by atoms with Crippen molar-refractivity contribution in [3.05, 3.63) is 52.5 Å². The maximum absolute atomic E-state index is 11.7. The van der Waals surface area contributed by atoms with E-state index in [0.717, 1.165) is 50.4 Å². The fraction of sp³-hybridized carbons (Fsp3) is 0.412. The lowest BCUT2D eigenvalue weighted by atomic mass is 10.1. The number of carbonyl (C=O) groups is 1. The highest BCUT2D eigenvalue weighted by atomic mass is 32.1. The van der Waals surface area contributed by atoms with Crippen LogP contribution in [0.2, 0.25) is 0 Å². The zero-order chi connectivity index (χ0) is 16.1. The molecule has 1 aliphatic rings. The molecule has 0 unspecified atom stereocenters. The van der Waals surface area contributed by atoms with Gasteiger partial charge in [0.25, 0.3) is 0 Å². The van der Waals surface area contributed by atoms with Gasteiger partial charge in [-0.15, -0.1) is 0 Å². The Hall–Kier alpha value is -1.76. The van der Waals surface area contributed by atoms with E-state index in [1.54, 1.807) is 11.3 Å². The maximum atomic E-state index is 11.7. The average Bonchev–Trinajstić information content (AvgIpc) is 2.97. The van der Waals surface area contributed by atoms with Gasteiger partial charge in [-0.05, 0) is 47.5 Å². The van der Waals surface area contributed by atoms with E-state index in [9.17, 15) is 9.90 Å². The number of aromatic nitrogens is 1. The van der Waals surface area contributed by atoms with E-state index in [2.05, 4.69) is 14.8 Å². The number of hydrogen-bond donors (Lipinski definition) is 1. The Balaban J connectivity index is 1.64. The molecule has 0 aromatic carbocycles. The molecule has 0 amide bonds. The van der Waals surface area contributed by atoms with Crippen molar-refractivity contribution in [3.63, 3.8) is 0 Å². The standard InChI is InChI=1S/C17H21N3O2S/c21-17(22)16(14-5-11-23-13-14)20-8-3-7-19(9-10-20)12-15-4-1-2-6-18-15/h1-2,4-6,11,13,16H,3,7-10,12H2,(H,21,22)/t16-/m1/s1. The molecule has 1 fully saturated rings. The minimum absolute atomic E-state index is 0.531. The Bertz CT molecular complexity index is 618. The van der Waals surface area contributed by atoms with Gasteiger partial charge >= 0.3 is 5.97 Å². The number of aliphatic carboxylic acids is 1. The van der Waals surface area contributed by atoms with Crippen LogP contribution in [0.25, 0.3) is 0 Å². The zero-order valence-electron chi connectivity index (χ0n) is 13.0. The molecule has 122 valence electrons. The first-order valence-corrected chi connectivity index (χ1v) is 8.79. The second-order valence-corrected chi connectivity index (χ2v) is 6.56. The lowest BCUT2D eigenvalue weighted by molar-refractivity contribution is -0.143. The first-order valence-electron chi connectivity index (χ1n) is 7.85. The summed E-state index contributed by atoms with van der Waals surface area (Å²) in [6.07, 6.45) is 2.79. The van der Waals surface area contributed by atoms with Gasteiger partial charge in [0.2, 0.25) is 0 Å².